The van der Waals surface area contributed by atoms with Crippen molar-refractivity contribution >= 4 is 17.6 Å². The third kappa shape index (κ3) is 5.42. The number of hydrogen-bond acceptors (Lipinski definition) is 6. The van der Waals surface area contributed by atoms with Crippen molar-refractivity contribution in [1.82, 2.24) is 4.98 Å². The van der Waals surface area contributed by atoms with Crippen molar-refractivity contribution in [2.45, 2.75) is 38.1 Å². The molecule has 192 valence electrons. The Morgan fingerprint density at radius 2 is 1.83 bits per heavy atom. The SMILES string of the molecule is COC(=O)c1ccc(COc2ccc(C(C)C(O)(c3ccnc(C)c3)C(F)(F)F)c(Cl)c2)c(OC)c1. The summed E-state index contributed by atoms with van der Waals surface area (Å²) in [6.07, 6.45) is -3.76. The number of benzene rings is 2. The number of aromatic nitrogens is 1. The molecule has 36 heavy (non-hydrogen) atoms. The molecule has 0 fully saturated rings. The van der Waals surface area contributed by atoms with E-state index in [1.54, 1.807) is 19.1 Å². The predicted octanol–water partition coefficient (Wildman–Crippen LogP) is 5.97. The fourth-order valence-electron chi connectivity index (χ4n) is 3.89. The molecule has 0 bridgehead atoms. The Hall–Kier alpha value is -3.30. The monoisotopic (exact) mass is 523 g/mol. The summed E-state index contributed by atoms with van der Waals surface area (Å²) in [5, 5.41) is 11.0. The number of esters is 1. The highest BCUT2D eigenvalue weighted by Gasteiger charge is 2.59. The van der Waals surface area contributed by atoms with Crippen molar-refractivity contribution < 1.29 is 37.3 Å². The fourth-order valence-corrected chi connectivity index (χ4v) is 4.22. The van der Waals surface area contributed by atoms with E-state index in [0.717, 1.165) is 6.07 Å². The van der Waals surface area contributed by atoms with E-state index in [-0.39, 0.29) is 22.8 Å². The Morgan fingerprint density at radius 3 is 2.42 bits per heavy atom. The van der Waals surface area contributed by atoms with E-state index in [1.165, 1.54) is 57.7 Å². The van der Waals surface area contributed by atoms with Gasteiger partial charge in [0.2, 0.25) is 0 Å². The van der Waals surface area contributed by atoms with Crippen LogP contribution < -0.4 is 9.47 Å². The van der Waals surface area contributed by atoms with Crippen LogP contribution in [0.1, 0.15) is 45.6 Å². The molecule has 1 N–H and O–H groups in total. The fraction of sp³-hybridized carbons (Fsp3) is 0.308. The first-order valence-electron chi connectivity index (χ1n) is 10.8. The number of alkyl halides is 3. The molecular weight excluding hydrogens is 499 g/mol. The van der Waals surface area contributed by atoms with Gasteiger partial charge in [0.05, 0.1) is 19.8 Å². The van der Waals surface area contributed by atoms with E-state index < -0.39 is 23.7 Å². The minimum atomic E-state index is -4.98. The van der Waals surface area contributed by atoms with Gasteiger partial charge in [-0.1, -0.05) is 30.7 Å². The van der Waals surface area contributed by atoms with Gasteiger partial charge in [0.25, 0.3) is 0 Å². The molecule has 0 aliphatic rings. The lowest BCUT2D eigenvalue weighted by Gasteiger charge is -2.37. The summed E-state index contributed by atoms with van der Waals surface area (Å²) in [7, 11) is 2.72. The molecule has 1 heterocycles. The first kappa shape index (κ1) is 27.3. The van der Waals surface area contributed by atoms with E-state index >= 15 is 0 Å². The maximum Gasteiger partial charge on any atom is 0.422 e. The van der Waals surface area contributed by atoms with Crippen molar-refractivity contribution in [1.29, 1.82) is 0 Å². The average molecular weight is 524 g/mol. The molecule has 2 unspecified atom stereocenters. The predicted molar refractivity (Wildman–Crippen MR) is 127 cm³/mol. The van der Waals surface area contributed by atoms with Gasteiger partial charge in [0.15, 0.2) is 5.60 Å². The van der Waals surface area contributed by atoms with Crippen molar-refractivity contribution in [3.8, 4) is 11.5 Å². The van der Waals surface area contributed by atoms with Gasteiger partial charge >= 0.3 is 12.1 Å². The van der Waals surface area contributed by atoms with Gasteiger partial charge in [-0.25, -0.2) is 4.79 Å². The second-order valence-electron chi connectivity index (χ2n) is 8.16. The molecule has 0 saturated heterocycles. The second-order valence-corrected chi connectivity index (χ2v) is 8.57. The largest absolute Gasteiger partial charge is 0.496 e. The highest BCUT2D eigenvalue weighted by atomic mass is 35.5. The summed E-state index contributed by atoms with van der Waals surface area (Å²) in [5.41, 5.74) is -2.15. The lowest BCUT2D eigenvalue weighted by atomic mass is 9.78. The first-order chi connectivity index (χ1) is 16.9. The van der Waals surface area contributed by atoms with Gasteiger partial charge in [0.1, 0.15) is 18.1 Å². The lowest BCUT2D eigenvalue weighted by molar-refractivity contribution is -0.274. The highest BCUT2D eigenvalue weighted by molar-refractivity contribution is 6.31. The molecule has 0 radical (unpaired) electrons. The number of aryl methyl sites for hydroxylation is 1. The standard InChI is InChI=1S/C26H25ClF3NO5/c1-15-11-19(9-10-31-15)25(33,26(28,29)30)16(2)21-8-7-20(13-22(21)27)36-14-18-6-5-17(24(32)35-4)12-23(18)34-3/h5-13,16,33H,14H2,1-4H3. The zero-order valence-electron chi connectivity index (χ0n) is 20.0. The number of carbonyl (C=O) groups excluding carboxylic acids is 1. The Labute approximate surface area is 211 Å². The molecule has 1 aromatic heterocycles. The van der Waals surface area contributed by atoms with Gasteiger partial charge in [-0.2, -0.15) is 13.2 Å². The van der Waals surface area contributed by atoms with Gasteiger partial charge in [-0.05, 0) is 54.4 Å². The molecule has 3 rings (SSSR count). The molecule has 0 saturated carbocycles. The number of rotatable bonds is 8. The van der Waals surface area contributed by atoms with Crippen LogP contribution in [0.3, 0.4) is 0 Å². The summed E-state index contributed by atoms with van der Waals surface area (Å²) in [5.74, 6) is -1.26. The van der Waals surface area contributed by atoms with Gasteiger partial charge in [0, 0.05) is 28.4 Å². The van der Waals surface area contributed by atoms with Crippen LogP contribution in [-0.4, -0.2) is 36.5 Å². The van der Waals surface area contributed by atoms with Crippen LogP contribution in [0.5, 0.6) is 11.5 Å². The van der Waals surface area contributed by atoms with E-state index in [1.807, 2.05) is 0 Å². The van der Waals surface area contributed by atoms with Crippen LogP contribution >= 0.6 is 11.6 Å². The summed E-state index contributed by atoms with van der Waals surface area (Å²) in [4.78, 5) is 15.6. The molecular formula is C26H25ClF3NO5. The Balaban J connectivity index is 1.86. The zero-order chi connectivity index (χ0) is 26.7. The minimum Gasteiger partial charge on any atom is -0.496 e. The molecule has 6 nitrogen and oxygen atoms in total. The van der Waals surface area contributed by atoms with E-state index in [2.05, 4.69) is 4.98 Å². The number of hydrogen-bond donors (Lipinski definition) is 1. The smallest absolute Gasteiger partial charge is 0.422 e. The molecule has 0 spiro atoms. The van der Waals surface area contributed by atoms with Crippen molar-refractivity contribution in [2.24, 2.45) is 0 Å². The number of carbonyl (C=O) groups is 1. The van der Waals surface area contributed by atoms with Crippen molar-refractivity contribution in [2.75, 3.05) is 14.2 Å². The number of pyridine rings is 1. The third-order valence-electron chi connectivity index (χ3n) is 5.94. The average Bonchev–Trinajstić information content (AvgIpc) is 2.85. The van der Waals surface area contributed by atoms with Crippen LogP contribution in [0.15, 0.2) is 54.7 Å². The summed E-state index contributed by atoms with van der Waals surface area (Å²) < 4.78 is 58.3. The molecule has 0 aliphatic heterocycles. The number of halogens is 4. The maximum atomic E-state index is 14.2. The number of methoxy groups -OCH3 is 2. The van der Waals surface area contributed by atoms with Crippen LogP contribution in [0, 0.1) is 6.92 Å². The zero-order valence-corrected chi connectivity index (χ0v) is 20.8. The molecule has 10 heteroatoms. The van der Waals surface area contributed by atoms with Crippen LogP contribution in [0.25, 0.3) is 0 Å². The number of aliphatic hydroxyl groups is 1. The lowest BCUT2D eigenvalue weighted by Crippen LogP contribution is -2.46. The quantitative estimate of drug-likeness (QED) is 0.366. The second kappa shape index (κ2) is 10.8. The topological polar surface area (TPSA) is 77.9 Å². The van der Waals surface area contributed by atoms with Gasteiger partial charge in [-0.3, -0.25) is 4.98 Å². The van der Waals surface area contributed by atoms with E-state index in [0.29, 0.717) is 28.3 Å². The van der Waals surface area contributed by atoms with Gasteiger partial charge < -0.3 is 19.3 Å². The maximum absolute atomic E-state index is 14.2. The van der Waals surface area contributed by atoms with E-state index in [4.69, 9.17) is 25.8 Å². The molecule has 0 amide bonds. The van der Waals surface area contributed by atoms with Crippen molar-refractivity contribution in [3.05, 3.63) is 87.7 Å². The summed E-state index contributed by atoms with van der Waals surface area (Å²) in [6.45, 7) is 2.85. The van der Waals surface area contributed by atoms with Crippen molar-refractivity contribution in [3.63, 3.8) is 0 Å². The Kier molecular flexibility index (Phi) is 8.15. The Bertz CT molecular complexity index is 1250. The summed E-state index contributed by atoms with van der Waals surface area (Å²) in [6, 6.07) is 11.3. The van der Waals surface area contributed by atoms with Gasteiger partial charge in [-0.15, -0.1) is 0 Å². The molecule has 2 aromatic carbocycles. The first-order valence-corrected chi connectivity index (χ1v) is 11.2. The third-order valence-corrected chi connectivity index (χ3v) is 6.26. The highest BCUT2D eigenvalue weighted by Crippen LogP contribution is 2.50. The normalized spacial score (nSPS) is 14.0. The minimum absolute atomic E-state index is 0.00135. The van der Waals surface area contributed by atoms with Crippen LogP contribution in [0.4, 0.5) is 13.2 Å². The van der Waals surface area contributed by atoms with Crippen LogP contribution in [-0.2, 0) is 16.9 Å². The number of ether oxygens (including phenoxy) is 3. The Morgan fingerprint density at radius 1 is 1.11 bits per heavy atom. The summed E-state index contributed by atoms with van der Waals surface area (Å²) >= 11 is 6.36. The van der Waals surface area contributed by atoms with E-state index in [9.17, 15) is 23.1 Å². The van der Waals surface area contributed by atoms with Crippen LogP contribution in [0.2, 0.25) is 5.02 Å². The molecule has 0 aliphatic carbocycles. The number of nitrogens with zero attached hydrogens (tertiary/aromatic N) is 1. The molecule has 3 aromatic rings. The molecule has 2 atom stereocenters.